The molecule has 0 bridgehead atoms. The van der Waals surface area contributed by atoms with Crippen molar-refractivity contribution < 1.29 is 54.7 Å². The van der Waals surface area contributed by atoms with Gasteiger partial charge in [-0.25, -0.2) is 4.79 Å². The number of rotatable bonds is 12. The third-order valence-corrected chi connectivity index (χ3v) is 3.91. The molecule has 0 radical (unpaired) electrons. The molecule has 0 spiro atoms. The van der Waals surface area contributed by atoms with Gasteiger partial charge in [0.25, 0.3) is 0 Å². The van der Waals surface area contributed by atoms with Crippen molar-refractivity contribution in [2.45, 2.75) is 83.9 Å². The number of esters is 2. The van der Waals surface area contributed by atoms with E-state index in [2.05, 4.69) is 6.92 Å². The minimum atomic E-state index is -1.51. The fourth-order valence-electron chi connectivity index (χ4n) is 2.66. The molecule has 0 saturated carbocycles. The van der Waals surface area contributed by atoms with Crippen LogP contribution in [0.15, 0.2) is 0 Å². The number of hydrogen-bond donors (Lipinski definition) is 1. The second-order valence-electron chi connectivity index (χ2n) is 5.95. The van der Waals surface area contributed by atoms with Crippen LogP contribution < -0.4 is 0 Å². The van der Waals surface area contributed by atoms with Crippen molar-refractivity contribution in [1.29, 1.82) is 0 Å². The molecule has 1 heterocycles. The Morgan fingerprint density at radius 3 is 2.31 bits per heavy atom. The molecule has 1 aliphatic heterocycles. The van der Waals surface area contributed by atoms with E-state index in [1.54, 1.807) is 13.8 Å². The first kappa shape index (κ1) is 25.4. The summed E-state index contributed by atoms with van der Waals surface area (Å²) >= 11 is 0. The SMILES string of the molecule is CCCCCCCC1O[C@H]([C@@H](O)C(=O)OCC)[C@H]([CH-]C(=O)OCC)O1.[Mo]. The summed E-state index contributed by atoms with van der Waals surface area (Å²) in [5, 5.41) is 10.2. The summed E-state index contributed by atoms with van der Waals surface area (Å²) in [6, 6.07) is 0. The molecule has 152 valence electrons. The summed E-state index contributed by atoms with van der Waals surface area (Å²) in [6.45, 7) is 5.88. The van der Waals surface area contributed by atoms with E-state index in [-0.39, 0.29) is 34.3 Å². The quantitative estimate of drug-likeness (QED) is 0.209. The molecule has 1 aliphatic rings. The summed E-state index contributed by atoms with van der Waals surface area (Å²) in [5.74, 6) is -1.36. The van der Waals surface area contributed by atoms with Gasteiger partial charge >= 0.3 is 5.97 Å². The molecule has 1 rings (SSSR count). The van der Waals surface area contributed by atoms with Crippen molar-refractivity contribution in [3.05, 3.63) is 6.42 Å². The van der Waals surface area contributed by atoms with Gasteiger partial charge in [-0.3, -0.25) is 11.2 Å². The fourth-order valence-corrected chi connectivity index (χ4v) is 2.66. The zero-order chi connectivity index (χ0) is 18.7. The van der Waals surface area contributed by atoms with Gasteiger partial charge in [-0.2, -0.15) is 0 Å². The average molecular weight is 455 g/mol. The summed E-state index contributed by atoms with van der Waals surface area (Å²) in [5.41, 5.74) is 0. The second-order valence-corrected chi connectivity index (χ2v) is 5.95. The molecule has 26 heavy (non-hydrogen) atoms. The van der Waals surface area contributed by atoms with Crippen molar-refractivity contribution >= 4 is 11.9 Å². The predicted octanol–water partition coefficient (Wildman–Crippen LogP) is 2.15. The molecule has 0 amide bonds. The van der Waals surface area contributed by atoms with Crippen LogP contribution in [0.25, 0.3) is 0 Å². The van der Waals surface area contributed by atoms with Gasteiger partial charge in [0.2, 0.25) is 0 Å². The van der Waals surface area contributed by atoms with Gasteiger partial charge in [0.15, 0.2) is 18.4 Å². The molecule has 7 nitrogen and oxygen atoms in total. The van der Waals surface area contributed by atoms with Gasteiger partial charge in [0, 0.05) is 21.1 Å². The van der Waals surface area contributed by atoms with E-state index in [0.29, 0.717) is 6.42 Å². The molecule has 0 aromatic heterocycles. The molecule has 1 fully saturated rings. The van der Waals surface area contributed by atoms with Gasteiger partial charge in [-0.1, -0.05) is 32.6 Å². The number of carbonyl (C=O) groups is 2. The monoisotopic (exact) mass is 457 g/mol. The standard InChI is InChI=1S/C18H31O7.Mo/c1-4-7-8-9-10-11-15-24-13(12-14(19)22-5-2)17(25-15)16(20)18(21)23-6-3;/h12-13,15-17,20H,4-11H2,1-3H3;/q-1;/t13-,15?,16+,17-;/m0./s1. The van der Waals surface area contributed by atoms with Gasteiger partial charge in [-0.05, 0) is 32.8 Å². The zero-order valence-electron chi connectivity index (χ0n) is 15.8. The molecule has 1 unspecified atom stereocenters. The fraction of sp³-hybridized carbons (Fsp3) is 0.833. The largest absolute Gasteiger partial charge is 0.488 e. The summed E-state index contributed by atoms with van der Waals surface area (Å²) < 4.78 is 21.1. The first-order chi connectivity index (χ1) is 12.0. The molecule has 8 heteroatoms. The van der Waals surface area contributed by atoms with Crippen LogP contribution in [-0.2, 0) is 49.6 Å². The zero-order valence-corrected chi connectivity index (χ0v) is 17.9. The van der Waals surface area contributed by atoms with E-state index >= 15 is 0 Å². The van der Waals surface area contributed by atoms with Gasteiger partial charge in [-0.15, -0.1) is 0 Å². The van der Waals surface area contributed by atoms with E-state index < -0.39 is 36.5 Å². The van der Waals surface area contributed by atoms with E-state index in [1.165, 1.54) is 19.3 Å². The van der Waals surface area contributed by atoms with Crippen molar-refractivity contribution in [3.63, 3.8) is 0 Å². The maximum absolute atomic E-state index is 11.8. The molecule has 1 saturated heterocycles. The number of carbonyl (C=O) groups excluding carboxylic acids is 2. The summed E-state index contributed by atoms with van der Waals surface area (Å²) in [7, 11) is 0. The topological polar surface area (TPSA) is 91.3 Å². The normalized spacial score (nSPS) is 23.0. The first-order valence-electron chi connectivity index (χ1n) is 9.20. The van der Waals surface area contributed by atoms with Crippen LogP contribution in [0.1, 0.15) is 59.3 Å². The Bertz CT molecular complexity index is 405. The van der Waals surface area contributed by atoms with Crippen molar-refractivity contribution in [1.82, 2.24) is 0 Å². The van der Waals surface area contributed by atoms with Gasteiger partial charge in [0.1, 0.15) is 0 Å². The number of hydrogen-bond acceptors (Lipinski definition) is 7. The first-order valence-corrected chi connectivity index (χ1v) is 9.20. The average Bonchev–Trinajstić information content (AvgIpc) is 2.97. The van der Waals surface area contributed by atoms with Crippen LogP contribution in [0.2, 0.25) is 0 Å². The number of aliphatic hydroxyl groups is 1. The maximum atomic E-state index is 11.8. The molecule has 0 aliphatic carbocycles. The maximum Gasteiger partial charge on any atom is 0.337 e. The Hall–Kier alpha value is -0.622. The van der Waals surface area contributed by atoms with Crippen molar-refractivity contribution in [2.24, 2.45) is 0 Å². The van der Waals surface area contributed by atoms with E-state index in [1.807, 2.05) is 0 Å². The smallest absolute Gasteiger partial charge is 0.337 e. The molecular formula is C18H31MoO7-. The second kappa shape index (κ2) is 14.4. The molecular weight excluding hydrogens is 424 g/mol. The third-order valence-electron chi connectivity index (χ3n) is 3.91. The van der Waals surface area contributed by atoms with Crippen LogP contribution >= 0.6 is 0 Å². The van der Waals surface area contributed by atoms with E-state index in [9.17, 15) is 14.7 Å². The van der Waals surface area contributed by atoms with Crippen LogP contribution in [0.5, 0.6) is 0 Å². The Kier molecular flexibility index (Phi) is 14.1. The Labute approximate surface area is 170 Å². The van der Waals surface area contributed by atoms with Gasteiger partial charge < -0.3 is 24.1 Å². The Balaban J connectivity index is 0.00000625. The summed E-state index contributed by atoms with van der Waals surface area (Å²) in [4.78, 5) is 23.5. The minimum absolute atomic E-state index is 0. The minimum Gasteiger partial charge on any atom is -0.488 e. The van der Waals surface area contributed by atoms with Crippen LogP contribution in [-0.4, -0.2) is 54.9 Å². The number of unbranched alkanes of at least 4 members (excludes halogenated alkanes) is 4. The third kappa shape index (κ3) is 8.85. The van der Waals surface area contributed by atoms with Crippen LogP contribution in [0.4, 0.5) is 0 Å². The molecule has 0 aromatic rings. The van der Waals surface area contributed by atoms with E-state index in [4.69, 9.17) is 18.9 Å². The van der Waals surface area contributed by atoms with Crippen molar-refractivity contribution in [2.75, 3.05) is 13.2 Å². The summed E-state index contributed by atoms with van der Waals surface area (Å²) in [6.07, 6.45) is 3.42. The van der Waals surface area contributed by atoms with E-state index in [0.717, 1.165) is 19.3 Å². The molecule has 1 N–H and O–H groups in total. The number of ether oxygens (including phenoxy) is 4. The molecule has 4 atom stereocenters. The molecule has 0 aromatic carbocycles. The predicted molar refractivity (Wildman–Crippen MR) is 90.5 cm³/mol. The Morgan fingerprint density at radius 2 is 1.69 bits per heavy atom. The van der Waals surface area contributed by atoms with Crippen LogP contribution in [0, 0.1) is 6.42 Å². The number of aliphatic hydroxyl groups excluding tert-OH is 1. The van der Waals surface area contributed by atoms with Gasteiger partial charge in [0.05, 0.1) is 19.3 Å². The van der Waals surface area contributed by atoms with Crippen molar-refractivity contribution in [3.8, 4) is 0 Å². The Morgan fingerprint density at radius 1 is 1.04 bits per heavy atom. The van der Waals surface area contributed by atoms with Crippen LogP contribution in [0.3, 0.4) is 0 Å².